The van der Waals surface area contributed by atoms with Gasteiger partial charge in [0.15, 0.2) is 5.05 Å². The SMILES string of the molecule is COc1ccc(OC(=S)C2=C3CC=CC=C3N(C)c3ccccc32)cc1. The molecule has 1 heterocycles. The zero-order valence-corrected chi connectivity index (χ0v) is 15.5. The summed E-state index contributed by atoms with van der Waals surface area (Å²) in [5.41, 5.74) is 5.61. The van der Waals surface area contributed by atoms with Gasteiger partial charge in [-0.05, 0) is 60.6 Å². The monoisotopic (exact) mass is 361 g/mol. The maximum atomic E-state index is 6.04. The Balaban J connectivity index is 1.76. The molecular formula is C22H19NO2S. The quantitative estimate of drug-likeness (QED) is 0.705. The molecule has 0 aromatic heterocycles. The van der Waals surface area contributed by atoms with Crippen LogP contribution in [0.25, 0.3) is 5.57 Å². The molecule has 0 atom stereocenters. The lowest BCUT2D eigenvalue weighted by Gasteiger charge is -2.35. The molecule has 2 aromatic carbocycles. The Hall–Kier alpha value is -2.85. The zero-order chi connectivity index (χ0) is 18.1. The molecule has 0 saturated heterocycles. The Bertz CT molecular complexity index is 954. The molecule has 0 saturated carbocycles. The molecule has 0 fully saturated rings. The topological polar surface area (TPSA) is 21.7 Å². The third-order valence-electron chi connectivity index (χ3n) is 4.69. The lowest BCUT2D eigenvalue weighted by atomic mass is 9.88. The molecule has 2 aliphatic rings. The van der Waals surface area contributed by atoms with Crippen LogP contribution in [0, 0.1) is 0 Å². The van der Waals surface area contributed by atoms with E-state index >= 15 is 0 Å². The summed E-state index contributed by atoms with van der Waals surface area (Å²) in [4.78, 5) is 2.22. The number of para-hydroxylation sites is 1. The van der Waals surface area contributed by atoms with Crippen molar-refractivity contribution < 1.29 is 9.47 Å². The van der Waals surface area contributed by atoms with E-state index in [0.29, 0.717) is 10.8 Å². The second-order valence-corrected chi connectivity index (χ2v) is 6.55. The molecule has 4 heteroatoms. The normalized spacial score (nSPS) is 15.2. The molecular weight excluding hydrogens is 342 g/mol. The summed E-state index contributed by atoms with van der Waals surface area (Å²) < 4.78 is 11.2. The fraction of sp³-hybridized carbons (Fsp3) is 0.136. The van der Waals surface area contributed by atoms with Gasteiger partial charge >= 0.3 is 0 Å². The number of rotatable bonds is 3. The summed E-state index contributed by atoms with van der Waals surface area (Å²) in [6.45, 7) is 0. The van der Waals surface area contributed by atoms with Gasteiger partial charge in [-0.3, -0.25) is 0 Å². The van der Waals surface area contributed by atoms with Gasteiger partial charge in [-0.2, -0.15) is 0 Å². The van der Waals surface area contributed by atoms with Crippen molar-refractivity contribution in [2.45, 2.75) is 6.42 Å². The van der Waals surface area contributed by atoms with Gasteiger partial charge < -0.3 is 14.4 Å². The number of hydrogen-bond donors (Lipinski definition) is 0. The minimum absolute atomic E-state index is 0.493. The number of allylic oxidation sites excluding steroid dienone is 4. The summed E-state index contributed by atoms with van der Waals surface area (Å²) in [7, 11) is 3.74. The summed E-state index contributed by atoms with van der Waals surface area (Å²) in [6, 6.07) is 15.8. The van der Waals surface area contributed by atoms with Crippen molar-refractivity contribution in [2.75, 3.05) is 19.1 Å². The summed E-state index contributed by atoms with van der Waals surface area (Å²) in [5, 5.41) is 0.493. The smallest absolute Gasteiger partial charge is 0.199 e. The fourth-order valence-electron chi connectivity index (χ4n) is 3.40. The van der Waals surface area contributed by atoms with Crippen LogP contribution >= 0.6 is 12.2 Å². The van der Waals surface area contributed by atoms with Crippen molar-refractivity contribution in [2.24, 2.45) is 0 Å². The molecule has 26 heavy (non-hydrogen) atoms. The van der Waals surface area contributed by atoms with Gasteiger partial charge in [-0.25, -0.2) is 0 Å². The molecule has 0 bridgehead atoms. The summed E-state index contributed by atoms with van der Waals surface area (Å²) in [6.07, 6.45) is 7.21. The van der Waals surface area contributed by atoms with E-state index in [4.69, 9.17) is 21.7 Å². The van der Waals surface area contributed by atoms with Crippen molar-refractivity contribution in [1.29, 1.82) is 0 Å². The highest BCUT2D eigenvalue weighted by atomic mass is 32.1. The number of fused-ring (bicyclic) bond motifs is 2. The van der Waals surface area contributed by atoms with E-state index in [0.717, 1.165) is 29.0 Å². The highest BCUT2D eigenvalue weighted by Gasteiger charge is 2.29. The number of nitrogens with zero attached hydrogens (tertiary/aromatic N) is 1. The third kappa shape index (κ3) is 2.82. The molecule has 130 valence electrons. The molecule has 0 spiro atoms. The van der Waals surface area contributed by atoms with E-state index in [-0.39, 0.29) is 0 Å². The van der Waals surface area contributed by atoms with Crippen LogP contribution in [0.4, 0.5) is 5.69 Å². The number of anilines is 1. The number of hydrogen-bond acceptors (Lipinski definition) is 4. The van der Waals surface area contributed by atoms with Gasteiger partial charge in [0.05, 0.1) is 7.11 Å². The predicted molar refractivity (Wildman–Crippen MR) is 110 cm³/mol. The van der Waals surface area contributed by atoms with Crippen LogP contribution in [0.5, 0.6) is 11.5 Å². The number of ether oxygens (including phenoxy) is 2. The van der Waals surface area contributed by atoms with Gasteiger partial charge in [0.1, 0.15) is 11.5 Å². The second kappa shape index (κ2) is 6.81. The Kier molecular flexibility index (Phi) is 4.35. The standard InChI is InChI=1S/C22H19NO2S/c1-23-19-9-5-3-7-17(19)21(18-8-4-6-10-20(18)23)22(26)25-16-13-11-15(24-2)12-14-16/h3-7,9-14H,8H2,1-2H3. The van der Waals surface area contributed by atoms with E-state index in [1.807, 2.05) is 36.4 Å². The average molecular weight is 361 g/mol. The molecule has 1 aliphatic carbocycles. The zero-order valence-electron chi connectivity index (χ0n) is 14.7. The van der Waals surface area contributed by atoms with Gasteiger partial charge in [0.2, 0.25) is 0 Å². The molecule has 0 N–H and O–H groups in total. The van der Waals surface area contributed by atoms with Crippen LogP contribution in [0.15, 0.2) is 78.0 Å². The largest absolute Gasteiger partial charge is 0.497 e. The van der Waals surface area contributed by atoms with Crippen molar-refractivity contribution in [3.8, 4) is 11.5 Å². The van der Waals surface area contributed by atoms with E-state index in [1.54, 1.807) is 7.11 Å². The van der Waals surface area contributed by atoms with Gasteiger partial charge in [0.25, 0.3) is 0 Å². The molecule has 0 unspecified atom stereocenters. The van der Waals surface area contributed by atoms with E-state index < -0.39 is 0 Å². The first-order chi connectivity index (χ1) is 12.7. The molecule has 4 rings (SSSR count). The van der Waals surface area contributed by atoms with Crippen molar-refractivity contribution in [1.82, 2.24) is 0 Å². The maximum absolute atomic E-state index is 6.04. The van der Waals surface area contributed by atoms with Gasteiger partial charge in [0, 0.05) is 29.6 Å². The lowest BCUT2D eigenvalue weighted by Crippen LogP contribution is -2.27. The Morgan fingerprint density at radius 1 is 1.04 bits per heavy atom. The molecule has 2 aromatic rings. The summed E-state index contributed by atoms with van der Waals surface area (Å²) >= 11 is 5.72. The van der Waals surface area contributed by atoms with Gasteiger partial charge in [-0.1, -0.05) is 30.4 Å². The number of likely N-dealkylation sites (N-methyl/N-ethyl adjacent to an activating group) is 1. The lowest BCUT2D eigenvalue weighted by molar-refractivity contribution is 0.414. The minimum Gasteiger partial charge on any atom is -0.497 e. The van der Waals surface area contributed by atoms with Crippen LogP contribution in [0.1, 0.15) is 12.0 Å². The Labute approximate surface area is 158 Å². The van der Waals surface area contributed by atoms with E-state index in [1.165, 1.54) is 11.3 Å². The molecule has 3 nitrogen and oxygen atoms in total. The number of thiocarbonyl (C=S) groups is 1. The Morgan fingerprint density at radius 3 is 2.54 bits per heavy atom. The first kappa shape index (κ1) is 16.6. The summed E-state index contributed by atoms with van der Waals surface area (Å²) in [5.74, 6) is 1.50. The number of methoxy groups -OCH3 is 1. The van der Waals surface area contributed by atoms with Crippen molar-refractivity contribution >= 4 is 28.5 Å². The van der Waals surface area contributed by atoms with Crippen molar-refractivity contribution in [3.63, 3.8) is 0 Å². The van der Waals surface area contributed by atoms with Crippen LogP contribution < -0.4 is 14.4 Å². The van der Waals surface area contributed by atoms with Crippen LogP contribution in [-0.2, 0) is 0 Å². The van der Waals surface area contributed by atoms with E-state index in [9.17, 15) is 0 Å². The minimum atomic E-state index is 0.493. The number of benzene rings is 2. The molecule has 0 amide bonds. The fourth-order valence-corrected chi connectivity index (χ4v) is 3.73. The van der Waals surface area contributed by atoms with Crippen LogP contribution in [0.3, 0.4) is 0 Å². The first-order valence-electron chi connectivity index (χ1n) is 8.49. The third-order valence-corrected chi connectivity index (χ3v) is 4.98. The predicted octanol–water partition coefficient (Wildman–Crippen LogP) is 5.15. The van der Waals surface area contributed by atoms with Crippen LogP contribution in [-0.4, -0.2) is 19.2 Å². The van der Waals surface area contributed by atoms with Gasteiger partial charge in [-0.15, -0.1) is 0 Å². The molecule has 1 aliphatic heterocycles. The first-order valence-corrected chi connectivity index (χ1v) is 8.89. The maximum Gasteiger partial charge on any atom is 0.199 e. The highest BCUT2D eigenvalue weighted by Crippen LogP contribution is 2.42. The Morgan fingerprint density at radius 2 is 1.77 bits per heavy atom. The van der Waals surface area contributed by atoms with Crippen LogP contribution in [0.2, 0.25) is 0 Å². The van der Waals surface area contributed by atoms with E-state index in [2.05, 4.69) is 42.3 Å². The average Bonchev–Trinajstić information content (AvgIpc) is 2.69. The highest BCUT2D eigenvalue weighted by molar-refractivity contribution is 7.81. The van der Waals surface area contributed by atoms with Crippen molar-refractivity contribution in [3.05, 3.63) is 83.6 Å². The second-order valence-electron chi connectivity index (χ2n) is 6.18. The molecule has 0 radical (unpaired) electrons.